The number of nitrogens with one attached hydrogen (secondary N) is 1. The van der Waals surface area contributed by atoms with E-state index >= 15 is 0 Å². The van der Waals surface area contributed by atoms with Crippen LogP contribution in [0.4, 0.5) is 18.9 Å². The summed E-state index contributed by atoms with van der Waals surface area (Å²) < 4.78 is 50.0. The molecule has 4 aromatic rings. The molecule has 3 aromatic carbocycles. The van der Waals surface area contributed by atoms with Gasteiger partial charge in [0, 0.05) is 23.4 Å². The van der Waals surface area contributed by atoms with Gasteiger partial charge in [0.15, 0.2) is 5.82 Å². The summed E-state index contributed by atoms with van der Waals surface area (Å²) in [4.78, 5) is 29.7. The van der Waals surface area contributed by atoms with E-state index in [1.165, 1.54) is 41.0 Å². The molecule has 1 atom stereocenters. The Morgan fingerprint density at radius 2 is 1.66 bits per heavy atom. The van der Waals surface area contributed by atoms with Crippen LogP contribution in [0.5, 0.6) is 0 Å². The van der Waals surface area contributed by atoms with Crippen molar-refractivity contribution in [2.45, 2.75) is 58.2 Å². The average Bonchev–Trinajstić information content (AvgIpc) is 3.29. The van der Waals surface area contributed by atoms with E-state index in [0.29, 0.717) is 11.3 Å². The monoisotopic (exact) mass is 569 g/mol. The Hall–Kier alpha value is -4.22. The van der Waals surface area contributed by atoms with Gasteiger partial charge in [-0.2, -0.15) is 13.2 Å². The largest absolute Gasteiger partial charge is 0.456 e. The lowest BCUT2D eigenvalue weighted by Gasteiger charge is -2.31. The number of amides is 1. The minimum atomic E-state index is -5.14. The molecule has 1 unspecified atom stereocenters. The molecule has 0 saturated heterocycles. The Morgan fingerprint density at radius 1 is 0.976 bits per heavy atom. The predicted octanol–water partition coefficient (Wildman–Crippen LogP) is 5.55. The van der Waals surface area contributed by atoms with Crippen LogP contribution in [0.3, 0.4) is 0 Å². The second-order valence-corrected chi connectivity index (χ2v) is 10.5. The molecule has 0 spiro atoms. The highest BCUT2D eigenvalue weighted by atomic mass is 19.4. The van der Waals surface area contributed by atoms with Crippen LogP contribution in [-0.4, -0.2) is 43.4 Å². The number of benzene rings is 3. The van der Waals surface area contributed by atoms with Crippen molar-refractivity contribution in [1.82, 2.24) is 9.55 Å². The van der Waals surface area contributed by atoms with E-state index in [1.54, 1.807) is 45.9 Å². The maximum absolute atomic E-state index is 14.5. The molecule has 216 valence electrons. The maximum atomic E-state index is 14.5. The van der Waals surface area contributed by atoms with E-state index in [1.807, 2.05) is 0 Å². The van der Waals surface area contributed by atoms with Crippen LogP contribution in [0.2, 0.25) is 0 Å². The highest BCUT2D eigenvalue weighted by molar-refractivity contribution is 6.06. The first-order chi connectivity index (χ1) is 19.2. The van der Waals surface area contributed by atoms with Crippen LogP contribution in [0, 0.1) is 0 Å². The summed E-state index contributed by atoms with van der Waals surface area (Å²) in [5.41, 5.74) is -3.18. The van der Waals surface area contributed by atoms with Crippen molar-refractivity contribution >= 4 is 28.6 Å². The van der Waals surface area contributed by atoms with Crippen molar-refractivity contribution in [2.24, 2.45) is 0 Å². The highest BCUT2D eigenvalue weighted by Crippen LogP contribution is 2.44. The average molecular weight is 570 g/mol. The summed E-state index contributed by atoms with van der Waals surface area (Å²) in [5.74, 6) is -1.77. The third-order valence-corrected chi connectivity index (χ3v) is 6.37. The summed E-state index contributed by atoms with van der Waals surface area (Å²) in [6.07, 6.45) is -5.14. The summed E-state index contributed by atoms with van der Waals surface area (Å²) in [6.45, 7) is 6.46. The summed E-state index contributed by atoms with van der Waals surface area (Å²) in [5, 5.41) is 23.2. The topological polar surface area (TPSA) is 114 Å². The molecule has 41 heavy (non-hydrogen) atoms. The number of hydrogen-bond acceptors (Lipinski definition) is 6. The van der Waals surface area contributed by atoms with E-state index in [2.05, 4.69) is 10.3 Å². The molecule has 0 aliphatic carbocycles. The van der Waals surface area contributed by atoms with Crippen molar-refractivity contribution in [3.8, 4) is 0 Å². The van der Waals surface area contributed by atoms with Crippen LogP contribution in [-0.2, 0) is 23.5 Å². The van der Waals surface area contributed by atoms with E-state index < -0.39 is 40.6 Å². The molecule has 1 heterocycles. The van der Waals surface area contributed by atoms with Crippen molar-refractivity contribution < 1.29 is 37.7 Å². The number of fused-ring (bicyclic) bond motifs is 1. The third kappa shape index (κ3) is 5.96. The van der Waals surface area contributed by atoms with Crippen LogP contribution in [0.25, 0.3) is 11.0 Å². The van der Waals surface area contributed by atoms with E-state index in [4.69, 9.17) is 4.74 Å². The quantitative estimate of drug-likeness (QED) is 0.252. The number of esters is 1. The van der Waals surface area contributed by atoms with E-state index in [-0.39, 0.29) is 35.3 Å². The number of nitrogens with zero attached hydrogens (tertiary/aromatic N) is 2. The second-order valence-electron chi connectivity index (χ2n) is 10.5. The number of aliphatic hydroxyl groups excluding tert-OH is 1. The molecular weight excluding hydrogens is 539 g/mol. The number of ether oxygens (including phenoxy) is 1. The van der Waals surface area contributed by atoms with Crippen LogP contribution < -0.4 is 5.32 Å². The van der Waals surface area contributed by atoms with Gasteiger partial charge in [0.1, 0.15) is 5.60 Å². The minimum Gasteiger partial charge on any atom is -0.456 e. The zero-order valence-corrected chi connectivity index (χ0v) is 22.9. The van der Waals surface area contributed by atoms with Gasteiger partial charge in [-0.25, -0.2) is 9.78 Å². The van der Waals surface area contributed by atoms with Crippen molar-refractivity contribution in [3.63, 3.8) is 0 Å². The first-order valence-electron chi connectivity index (χ1n) is 12.8. The highest BCUT2D eigenvalue weighted by Gasteiger charge is 2.59. The van der Waals surface area contributed by atoms with Gasteiger partial charge < -0.3 is 24.8 Å². The number of carbonyl (C=O) groups excluding carboxylic acids is 2. The SMILES string of the molecule is CCn1c(C(O)(c2ccc(CO)cc2)C(F)(F)F)nc2ccc(C(=O)Nc3cccc(C(=O)OC(C)(C)C)c3)cc21. The van der Waals surface area contributed by atoms with Crippen LogP contribution in [0.1, 0.15) is 65.4 Å². The lowest BCUT2D eigenvalue weighted by Crippen LogP contribution is -2.45. The first-order valence-corrected chi connectivity index (χ1v) is 12.8. The fourth-order valence-corrected chi connectivity index (χ4v) is 4.40. The number of imidazole rings is 1. The standard InChI is InChI=1S/C30H30F3N3O5/c1-5-36-24-16-19(25(38)34-22-8-6-7-20(15-22)26(39)41-28(2,3)4)11-14-23(24)35-27(36)29(40,30(31,32)33)21-12-9-18(17-37)10-13-21/h6-16,37,40H,5,17H2,1-4H3,(H,34,38). The molecule has 0 bridgehead atoms. The van der Waals surface area contributed by atoms with Gasteiger partial charge in [0.25, 0.3) is 5.91 Å². The second kappa shape index (κ2) is 11.0. The van der Waals surface area contributed by atoms with Gasteiger partial charge in [-0.05, 0) is 69.7 Å². The van der Waals surface area contributed by atoms with Gasteiger partial charge >= 0.3 is 12.1 Å². The van der Waals surface area contributed by atoms with E-state index in [9.17, 15) is 33.0 Å². The number of rotatable bonds is 7. The first kappa shape index (κ1) is 29.8. The fraction of sp³-hybridized carbons (Fsp3) is 0.300. The number of aromatic nitrogens is 2. The molecule has 3 N–H and O–H groups in total. The molecule has 8 nitrogen and oxygen atoms in total. The zero-order valence-electron chi connectivity index (χ0n) is 22.9. The smallest absolute Gasteiger partial charge is 0.428 e. The predicted molar refractivity (Wildman–Crippen MR) is 146 cm³/mol. The maximum Gasteiger partial charge on any atom is 0.428 e. The van der Waals surface area contributed by atoms with Crippen LogP contribution in [0.15, 0.2) is 66.7 Å². The Bertz CT molecular complexity index is 1590. The van der Waals surface area contributed by atoms with Gasteiger partial charge in [-0.1, -0.05) is 30.3 Å². The number of alkyl halides is 3. The lowest BCUT2D eigenvalue weighted by molar-refractivity contribution is -0.252. The van der Waals surface area contributed by atoms with Crippen molar-refractivity contribution in [1.29, 1.82) is 0 Å². The summed E-state index contributed by atoms with van der Waals surface area (Å²) in [7, 11) is 0. The summed E-state index contributed by atoms with van der Waals surface area (Å²) >= 11 is 0. The van der Waals surface area contributed by atoms with Gasteiger partial charge in [0.2, 0.25) is 5.60 Å². The van der Waals surface area contributed by atoms with Gasteiger partial charge in [0.05, 0.1) is 23.2 Å². The van der Waals surface area contributed by atoms with E-state index in [0.717, 1.165) is 12.1 Å². The molecule has 11 heteroatoms. The number of carbonyl (C=O) groups is 2. The van der Waals surface area contributed by atoms with Gasteiger partial charge in [-0.3, -0.25) is 4.79 Å². The lowest BCUT2D eigenvalue weighted by atomic mass is 9.91. The van der Waals surface area contributed by atoms with Crippen LogP contribution >= 0.6 is 0 Å². The molecule has 0 saturated carbocycles. The Balaban J connectivity index is 1.71. The molecular formula is C30H30F3N3O5. The molecule has 1 amide bonds. The molecule has 0 radical (unpaired) electrons. The molecule has 4 rings (SSSR count). The van der Waals surface area contributed by atoms with Gasteiger partial charge in [-0.15, -0.1) is 0 Å². The third-order valence-electron chi connectivity index (χ3n) is 6.37. The normalized spacial score (nSPS) is 13.6. The number of aliphatic hydroxyl groups is 2. The zero-order chi connectivity index (χ0) is 30.2. The Morgan fingerprint density at radius 3 is 2.24 bits per heavy atom. The molecule has 0 aliphatic rings. The Kier molecular flexibility index (Phi) is 7.97. The molecule has 0 aliphatic heterocycles. The number of aryl methyl sites for hydroxylation is 1. The number of anilines is 1. The van der Waals surface area contributed by atoms with Crippen molar-refractivity contribution in [3.05, 3.63) is 94.8 Å². The minimum absolute atomic E-state index is 0.0158. The molecule has 0 fully saturated rings. The summed E-state index contributed by atoms with van der Waals surface area (Å²) in [6, 6.07) is 15.2. The number of hydrogen-bond donors (Lipinski definition) is 3. The number of halogens is 3. The fourth-order valence-electron chi connectivity index (χ4n) is 4.40. The Labute approximate surface area is 234 Å². The molecule has 1 aromatic heterocycles. The van der Waals surface area contributed by atoms with Crippen molar-refractivity contribution in [2.75, 3.05) is 5.32 Å².